The van der Waals surface area contributed by atoms with Gasteiger partial charge in [-0.3, -0.25) is 9.59 Å². The molecule has 114 valence electrons. The van der Waals surface area contributed by atoms with Crippen molar-refractivity contribution in [2.45, 2.75) is 32.0 Å². The highest BCUT2D eigenvalue weighted by Crippen LogP contribution is 2.26. The minimum atomic E-state index is -2.06. The number of hydrogen-bond donors (Lipinski definition) is 1. The normalized spacial score (nSPS) is 19.0. The number of nitrogens with one attached hydrogen (secondary N) is 1. The number of carbonyl (C=O) groups is 2. The summed E-state index contributed by atoms with van der Waals surface area (Å²) in [5.41, 5.74) is -1.70. The van der Waals surface area contributed by atoms with Crippen LogP contribution in [0.15, 0.2) is 18.2 Å². The first-order valence-electron chi connectivity index (χ1n) is 6.46. The van der Waals surface area contributed by atoms with Crippen LogP contribution >= 0.6 is 11.6 Å². The average molecular weight is 317 g/mol. The van der Waals surface area contributed by atoms with E-state index in [1.165, 1.54) is 17.0 Å². The van der Waals surface area contributed by atoms with Crippen molar-refractivity contribution in [3.05, 3.63) is 29.0 Å². The second kappa shape index (κ2) is 5.60. The Bertz CT molecular complexity index is 587. The van der Waals surface area contributed by atoms with Crippen molar-refractivity contribution in [3.8, 4) is 0 Å². The zero-order valence-corrected chi connectivity index (χ0v) is 12.4. The molecule has 0 bridgehead atoms. The van der Waals surface area contributed by atoms with Gasteiger partial charge in [-0.2, -0.15) is 0 Å². The van der Waals surface area contributed by atoms with E-state index in [1.54, 1.807) is 0 Å². The fourth-order valence-corrected chi connectivity index (χ4v) is 2.17. The maximum Gasteiger partial charge on any atom is 0.257 e. The molecule has 0 radical (unpaired) electrons. The maximum atomic E-state index is 13.5. The molecule has 4 nitrogen and oxygen atoms in total. The number of hydrogen-bond acceptors (Lipinski definition) is 2. The van der Waals surface area contributed by atoms with E-state index in [4.69, 9.17) is 11.6 Å². The number of rotatable bonds is 3. The van der Waals surface area contributed by atoms with Crippen LogP contribution in [0.2, 0.25) is 5.02 Å². The van der Waals surface area contributed by atoms with Crippen LogP contribution in [-0.2, 0) is 9.59 Å². The molecule has 1 aromatic rings. The minimum Gasteiger partial charge on any atom is -0.341 e. The molecule has 1 aromatic carbocycles. The van der Waals surface area contributed by atoms with E-state index < -0.39 is 29.3 Å². The number of halogens is 3. The molecule has 1 aliphatic heterocycles. The van der Waals surface area contributed by atoms with Gasteiger partial charge in [-0.15, -0.1) is 0 Å². The van der Waals surface area contributed by atoms with Crippen LogP contribution in [0, 0.1) is 5.82 Å². The Hall–Kier alpha value is -1.69. The lowest BCUT2D eigenvalue weighted by Crippen LogP contribution is -2.47. The SMILES string of the molecule is CC(C)(F)C(=O)NC1CCN(c2ccc(Cl)c(F)c2)C1=O. The first-order valence-corrected chi connectivity index (χ1v) is 6.84. The van der Waals surface area contributed by atoms with Gasteiger partial charge in [0.1, 0.15) is 11.9 Å². The molecule has 0 spiro atoms. The van der Waals surface area contributed by atoms with E-state index in [-0.39, 0.29) is 5.02 Å². The molecule has 0 aliphatic carbocycles. The predicted molar refractivity (Wildman–Crippen MR) is 75.5 cm³/mol. The summed E-state index contributed by atoms with van der Waals surface area (Å²) in [6.07, 6.45) is 0.338. The Morgan fingerprint density at radius 2 is 2.14 bits per heavy atom. The van der Waals surface area contributed by atoms with Crippen LogP contribution in [0.1, 0.15) is 20.3 Å². The molecule has 21 heavy (non-hydrogen) atoms. The highest BCUT2D eigenvalue weighted by molar-refractivity contribution is 6.30. The third kappa shape index (κ3) is 3.32. The summed E-state index contributed by atoms with van der Waals surface area (Å²) >= 11 is 5.59. The van der Waals surface area contributed by atoms with Gasteiger partial charge in [-0.25, -0.2) is 8.78 Å². The third-order valence-corrected chi connectivity index (χ3v) is 3.57. The summed E-state index contributed by atoms with van der Waals surface area (Å²) in [4.78, 5) is 25.1. The molecule has 2 rings (SSSR count). The van der Waals surface area contributed by atoms with Crippen LogP contribution < -0.4 is 10.2 Å². The predicted octanol–water partition coefficient (Wildman–Crippen LogP) is 2.45. The third-order valence-electron chi connectivity index (χ3n) is 3.27. The summed E-state index contributed by atoms with van der Waals surface area (Å²) in [7, 11) is 0. The van der Waals surface area contributed by atoms with Crippen LogP contribution in [-0.4, -0.2) is 30.1 Å². The summed E-state index contributed by atoms with van der Waals surface area (Å²) in [5, 5.41) is 2.34. The highest BCUT2D eigenvalue weighted by Gasteiger charge is 2.37. The fourth-order valence-electron chi connectivity index (χ4n) is 2.05. The molecule has 2 amide bonds. The molecule has 1 aliphatic rings. The van der Waals surface area contributed by atoms with Crippen molar-refractivity contribution in [1.82, 2.24) is 5.32 Å². The quantitative estimate of drug-likeness (QED) is 0.931. The standard InChI is InChI=1S/C14H15ClF2N2O2/c1-14(2,17)13(21)18-11-5-6-19(12(11)20)8-3-4-9(15)10(16)7-8/h3-4,7,11H,5-6H2,1-2H3,(H,18,21). The van der Waals surface area contributed by atoms with Gasteiger partial charge >= 0.3 is 0 Å². The minimum absolute atomic E-state index is 0.0329. The largest absolute Gasteiger partial charge is 0.341 e. The van der Waals surface area contributed by atoms with Gasteiger partial charge in [-0.1, -0.05) is 11.6 Å². The Morgan fingerprint density at radius 3 is 2.71 bits per heavy atom. The molecule has 1 N–H and O–H groups in total. The average Bonchev–Trinajstić information content (AvgIpc) is 2.73. The van der Waals surface area contributed by atoms with Crippen LogP contribution in [0.4, 0.5) is 14.5 Å². The number of amides is 2. The Balaban J connectivity index is 2.11. The molecular formula is C14H15ClF2N2O2. The summed E-state index contributed by atoms with van der Waals surface area (Å²) in [5.74, 6) is -1.86. The van der Waals surface area contributed by atoms with Gasteiger partial charge in [0.2, 0.25) is 5.91 Å². The van der Waals surface area contributed by atoms with E-state index >= 15 is 0 Å². The lowest BCUT2D eigenvalue weighted by atomic mass is 10.1. The van der Waals surface area contributed by atoms with E-state index in [0.717, 1.165) is 19.9 Å². The van der Waals surface area contributed by atoms with Gasteiger partial charge in [0, 0.05) is 12.2 Å². The van der Waals surface area contributed by atoms with E-state index in [2.05, 4.69) is 5.32 Å². The summed E-state index contributed by atoms with van der Waals surface area (Å²) in [6, 6.07) is 3.23. The molecule has 1 saturated heterocycles. The number of alkyl halides is 1. The van der Waals surface area contributed by atoms with Crippen LogP contribution in [0.5, 0.6) is 0 Å². The first kappa shape index (κ1) is 15.7. The van der Waals surface area contributed by atoms with Gasteiger partial charge in [0.25, 0.3) is 5.91 Å². The second-order valence-corrected chi connectivity index (χ2v) is 5.78. The van der Waals surface area contributed by atoms with Crippen molar-refractivity contribution in [2.75, 3.05) is 11.4 Å². The topological polar surface area (TPSA) is 49.4 Å². The summed E-state index contributed by atoms with van der Waals surface area (Å²) in [6.45, 7) is 2.56. The smallest absolute Gasteiger partial charge is 0.257 e. The summed E-state index contributed by atoms with van der Waals surface area (Å²) < 4.78 is 26.9. The first-order chi connectivity index (χ1) is 9.70. The zero-order chi connectivity index (χ0) is 15.8. The molecule has 7 heteroatoms. The Morgan fingerprint density at radius 1 is 1.48 bits per heavy atom. The van der Waals surface area contributed by atoms with Crippen LogP contribution in [0.3, 0.4) is 0 Å². The monoisotopic (exact) mass is 316 g/mol. The zero-order valence-electron chi connectivity index (χ0n) is 11.6. The van der Waals surface area contributed by atoms with Gasteiger partial charge < -0.3 is 10.2 Å². The number of carbonyl (C=O) groups excluding carboxylic acids is 2. The highest BCUT2D eigenvalue weighted by atomic mass is 35.5. The lowest BCUT2D eigenvalue weighted by molar-refractivity contribution is -0.133. The number of nitrogens with zero attached hydrogens (tertiary/aromatic N) is 1. The van der Waals surface area contributed by atoms with Crippen molar-refractivity contribution in [1.29, 1.82) is 0 Å². The van der Waals surface area contributed by atoms with Crippen LogP contribution in [0.25, 0.3) is 0 Å². The molecule has 0 aromatic heterocycles. The Kier molecular flexibility index (Phi) is 4.18. The molecule has 0 saturated carbocycles. The van der Waals surface area contributed by atoms with Gasteiger partial charge in [-0.05, 0) is 38.5 Å². The van der Waals surface area contributed by atoms with E-state index in [0.29, 0.717) is 18.7 Å². The van der Waals surface area contributed by atoms with Crippen molar-refractivity contribution < 1.29 is 18.4 Å². The van der Waals surface area contributed by atoms with Gasteiger partial charge in [0.15, 0.2) is 5.67 Å². The van der Waals surface area contributed by atoms with Crippen molar-refractivity contribution in [2.24, 2.45) is 0 Å². The molecular weight excluding hydrogens is 302 g/mol. The number of anilines is 1. The van der Waals surface area contributed by atoms with E-state index in [9.17, 15) is 18.4 Å². The number of benzene rings is 1. The maximum absolute atomic E-state index is 13.5. The Labute approximate surface area is 126 Å². The van der Waals surface area contributed by atoms with Crippen molar-refractivity contribution in [3.63, 3.8) is 0 Å². The van der Waals surface area contributed by atoms with E-state index in [1.807, 2.05) is 0 Å². The lowest BCUT2D eigenvalue weighted by Gasteiger charge is -2.19. The molecule has 1 unspecified atom stereocenters. The van der Waals surface area contributed by atoms with Crippen molar-refractivity contribution >= 4 is 29.1 Å². The molecule has 1 fully saturated rings. The fraction of sp³-hybridized carbons (Fsp3) is 0.429. The molecule has 1 heterocycles. The van der Waals surface area contributed by atoms with Gasteiger partial charge in [0.05, 0.1) is 5.02 Å². The molecule has 1 atom stereocenters. The second-order valence-electron chi connectivity index (χ2n) is 5.38.